The quantitative estimate of drug-likeness (QED) is 0.898. The van der Waals surface area contributed by atoms with Crippen LogP contribution in [0.1, 0.15) is 30.7 Å². The zero-order valence-corrected chi connectivity index (χ0v) is 12.9. The number of rotatable bonds is 5. The first-order valence-electron chi connectivity index (χ1n) is 7.09. The monoisotopic (exact) mass is 288 g/mol. The number of ether oxygens (including phenoxy) is 1. The summed E-state index contributed by atoms with van der Waals surface area (Å²) in [6.07, 6.45) is 0. The van der Waals surface area contributed by atoms with Crippen molar-refractivity contribution in [3.05, 3.63) is 53.0 Å². The van der Waals surface area contributed by atoms with Crippen molar-refractivity contribution in [1.29, 1.82) is 0 Å². The summed E-state index contributed by atoms with van der Waals surface area (Å²) in [6.45, 7) is 8.81. The van der Waals surface area contributed by atoms with Gasteiger partial charge in [-0.25, -0.2) is 9.37 Å². The summed E-state index contributed by atoms with van der Waals surface area (Å²) in [4.78, 5) is 4.43. The molecule has 0 unspecified atom stereocenters. The molecule has 1 N–H and O–H groups in total. The van der Waals surface area contributed by atoms with Crippen molar-refractivity contribution in [3.63, 3.8) is 0 Å². The van der Waals surface area contributed by atoms with Crippen LogP contribution < -0.4 is 10.1 Å². The van der Waals surface area contributed by atoms with Crippen LogP contribution in [0.15, 0.2) is 30.3 Å². The van der Waals surface area contributed by atoms with E-state index in [4.69, 9.17) is 4.74 Å². The number of halogens is 1. The second-order valence-corrected chi connectivity index (χ2v) is 5.44. The van der Waals surface area contributed by atoms with Crippen LogP contribution in [0.3, 0.4) is 0 Å². The van der Waals surface area contributed by atoms with E-state index in [0.29, 0.717) is 17.7 Å². The lowest BCUT2D eigenvalue weighted by molar-refractivity contribution is 0.452. The first kappa shape index (κ1) is 15.4. The van der Waals surface area contributed by atoms with Crippen LogP contribution in [0.25, 0.3) is 0 Å². The summed E-state index contributed by atoms with van der Waals surface area (Å²) >= 11 is 0. The molecule has 0 aliphatic carbocycles. The fraction of sp³-hybridized carbons (Fsp3) is 0.353. The summed E-state index contributed by atoms with van der Waals surface area (Å²) in [5.74, 6) is 0.662. The highest BCUT2D eigenvalue weighted by Crippen LogP contribution is 2.25. The van der Waals surface area contributed by atoms with E-state index in [0.717, 1.165) is 23.4 Å². The topological polar surface area (TPSA) is 34.1 Å². The standard InChI is InChI=1S/C17H21FN2O/c1-11(2)19-10-14-6-8-17(20-13(14)4)21-16-9-15(18)7-5-12(16)3/h5-9,11,19H,10H2,1-4H3. The maximum absolute atomic E-state index is 13.3. The first-order chi connectivity index (χ1) is 9.95. The van der Waals surface area contributed by atoms with Crippen LogP contribution in [-0.2, 0) is 6.54 Å². The average Bonchev–Trinajstić information content (AvgIpc) is 2.42. The van der Waals surface area contributed by atoms with Gasteiger partial charge in [-0.2, -0.15) is 0 Å². The molecule has 112 valence electrons. The third-order valence-electron chi connectivity index (χ3n) is 3.24. The number of aryl methyl sites for hydroxylation is 2. The Labute approximate surface area is 125 Å². The Morgan fingerprint density at radius 2 is 1.95 bits per heavy atom. The normalized spacial score (nSPS) is 11.0. The van der Waals surface area contributed by atoms with Gasteiger partial charge < -0.3 is 10.1 Å². The van der Waals surface area contributed by atoms with Gasteiger partial charge in [-0.05, 0) is 31.0 Å². The van der Waals surface area contributed by atoms with E-state index in [-0.39, 0.29) is 5.82 Å². The van der Waals surface area contributed by atoms with Gasteiger partial charge in [-0.3, -0.25) is 0 Å². The summed E-state index contributed by atoms with van der Waals surface area (Å²) in [6, 6.07) is 8.71. The molecule has 0 aliphatic rings. The van der Waals surface area contributed by atoms with Crippen LogP contribution in [0.4, 0.5) is 4.39 Å². The molecule has 1 aromatic heterocycles. The molecule has 0 bridgehead atoms. The molecule has 0 fully saturated rings. The minimum Gasteiger partial charge on any atom is -0.439 e. The molecule has 2 aromatic rings. The van der Waals surface area contributed by atoms with Crippen LogP contribution in [0.5, 0.6) is 11.6 Å². The molecular weight excluding hydrogens is 267 g/mol. The van der Waals surface area contributed by atoms with Gasteiger partial charge >= 0.3 is 0 Å². The Balaban J connectivity index is 2.14. The molecule has 0 spiro atoms. The molecule has 2 rings (SSSR count). The number of nitrogens with zero attached hydrogens (tertiary/aromatic N) is 1. The van der Waals surface area contributed by atoms with Gasteiger partial charge in [0.05, 0.1) is 0 Å². The van der Waals surface area contributed by atoms with Crippen molar-refractivity contribution < 1.29 is 9.13 Å². The summed E-state index contributed by atoms with van der Waals surface area (Å²) in [7, 11) is 0. The van der Waals surface area contributed by atoms with Gasteiger partial charge in [-0.1, -0.05) is 26.0 Å². The summed E-state index contributed by atoms with van der Waals surface area (Å²) in [5.41, 5.74) is 2.92. The Hall–Kier alpha value is -1.94. The van der Waals surface area contributed by atoms with Gasteiger partial charge in [0.25, 0.3) is 0 Å². The molecule has 0 saturated heterocycles. The minimum atomic E-state index is -0.315. The SMILES string of the molecule is Cc1ccc(F)cc1Oc1ccc(CNC(C)C)c(C)n1. The van der Waals surface area contributed by atoms with Crippen molar-refractivity contribution in [3.8, 4) is 11.6 Å². The Morgan fingerprint density at radius 1 is 1.19 bits per heavy atom. The molecule has 0 amide bonds. The van der Waals surface area contributed by atoms with Crippen molar-refractivity contribution in [2.75, 3.05) is 0 Å². The van der Waals surface area contributed by atoms with E-state index in [2.05, 4.69) is 24.1 Å². The van der Waals surface area contributed by atoms with E-state index in [1.165, 1.54) is 12.1 Å². The van der Waals surface area contributed by atoms with E-state index in [1.807, 2.05) is 26.0 Å². The van der Waals surface area contributed by atoms with Gasteiger partial charge in [-0.15, -0.1) is 0 Å². The lowest BCUT2D eigenvalue weighted by atomic mass is 10.2. The van der Waals surface area contributed by atoms with Crippen LogP contribution in [0, 0.1) is 19.7 Å². The van der Waals surface area contributed by atoms with Crippen molar-refractivity contribution in [2.24, 2.45) is 0 Å². The highest BCUT2D eigenvalue weighted by atomic mass is 19.1. The third kappa shape index (κ3) is 4.26. The number of benzene rings is 1. The Kier molecular flexibility index (Phi) is 4.91. The van der Waals surface area contributed by atoms with Gasteiger partial charge in [0.15, 0.2) is 0 Å². The lowest BCUT2D eigenvalue weighted by Gasteiger charge is -2.12. The first-order valence-corrected chi connectivity index (χ1v) is 7.09. The molecule has 0 atom stereocenters. The van der Waals surface area contributed by atoms with E-state index < -0.39 is 0 Å². The highest BCUT2D eigenvalue weighted by Gasteiger charge is 2.07. The van der Waals surface area contributed by atoms with Crippen molar-refractivity contribution in [2.45, 2.75) is 40.3 Å². The largest absolute Gasteiger partial charge is 0.439 e. The number of aromatic nitrogens is 1. The van der Waals surface area contributed by atoms with Crippen molar-refractivity contribution in [1.82, 2.24) is 10.3 Å². The smallest absolute Gasteiger partial charge is 0.219 e. The maximum Gasteiger partial charge on any atom is 0.219 e. The number of nitrogens with one attached hydrogen (secondary N) is 1. The van der Waals surface area contributed by atoms with Gasteiger partial charge in [0.2, 0.25) is 5.88 Å². The fourth-order valence-electron chi connectivity index (χ4n) is 1.92. The fourth-order valence-corrected chi connectivity index (χ4v) is 1.92. The van der Waals surface area contributed by atoms with Crippen LogP contribution in [-0.4, -0.2) is 11.0 Å². The Bertz CT molecular complexity index is 626. The molecule has 4 heteroatoms. The number of hydrogen-bond donors (Lipinski definition) is 1. The van der Waals surface area contributed by atoms with Crippen molar-refractivity contribution >= 4 is 0 Å². The molecule has 1 heterocycles. The number of hydrogen-bond acceptors (Lipinski definition) is 3. The van der Waals surface area contributed by atoms with Crippen LogP contribution >= 0.6 is 0 Å². The zero-order valence-electron chi connectivity index (χ0n) is 12.9. The van der Waals surface area contributed by atoms with Gasteiger partial charge in [0.1, 0.15) is 11.6 Å². The van der Waals surface area contributed by atoms with Gasteiger partial charge in [0, 0.05) is 30.4 Å². The summed E-state index contributed by atoms with van der Waals surface area (Å²) in [5, 5.41) is 3.36. The minimum absolute atomic E-state index is 0.315. The molecule has 0 aliphatic heterocycles. The predicted octanol–water partition coefficient (Wildman–Crippen LogP) is 4.13. The zero-order chi connectivity index (χ0) is 15.4. The second-order valence-electron chi connectivity index (χ2n) is 5.44. The molecule has 0 saturated carbocycles. The predicted molar refractivity (Wildman–Crippen MR) is 82.2 cm³/mol. The van der Waals surface area contributed by atoms with Crippen LogP contribution in [0.2, 0.25) is 0 Å². The molecular formula is C17H21FN2O. The van der Waals surface area contributed by atoms with E-state index in [9.17, 15) is 4.39 Å². The number of pyridine rings is 1. The molecule has 0 radical (unpaired) electrons. The van der Waals surface area contributed by atoms with E-state index in [1.54, 1.807) is 6.07 Å². The molecule has 3 nitrogen and oxygen atoms in total. The Morgan fingerprint density at radius 3 is 2.62 bits per heavy atom. The molecule has 1 aromatic carbocycles. The summed E-state index contributed by atoms with van der Waals surface area (Å²) < 4.78 is 18.9. The highest BCUT2D eigenvalue weighted by molar-refractivity contribution is 5.36. The molecule has 21 heavy (non-hydrogen) atoms. The van der Waals surface area contributed by atoms with E-state index >= 15 is 0 Å². The average molecular weight is 288 g/mol. The third-order valence-corrected chi connectivity index (χ3v) is 3.24. The second kappa shape index (κ2) is 6.68. The maximum atomic E-state index is 13.3. The lowest BCUT2D eigenvalue weighted by Crippen LogP contribution is -2.22.